The van der Waals surface area contributed by atoms with Crippen LogP contribution in [0.5, 0.6) is 17.4 Å². The summed E-state index contributed by atoms with van der Waals surface area (Å²) in [5.74, 6) is 2.23. The van der Waals surface area contributed by atoms with E-state index in [9.17, 15) is 5.11 Å². The number of methoxy groups -OCH3 is 1. The molecule has 2 aromatic heterocycles. The first-order valence-electron chi connectivity index (χ1n) is 10.4. The molecule has 1 fully saturated rings. The van der Waals surface area contributed by atoms with E-state index in [0.29, 0.717) is 23.1 Å². The summed E-state index contributed by atoms with van der Waals surface area (Å²) < 4.78 is 12.8. The van der Waals surface area contributed by atoms with Crippen molar-refractivity contribution in [1.29, 1.82) is 0 Å². The molecule has 1 unspecified atom stereocenters. The lowest BCUT2D eigenvalue weighted by atomic mass is 10.0. The van der Waals surface area contributed by atoms with Gasteiger partial charge in [0.2, 0.25) is 10.8 Å². The van der Waals surface area contributed by atoms with E-state index in [1.54, 1.807) is 7.11 Å². The van der Waals surface area contributed by atoms with Gasteiger partial charge in [0, 0.05) is 26.2 Å². The molecule has 1 aliphatic heterocycles. The van der Waals surface area contributed by atoms with Gasteiger partial charge < -0.3 is 19.5 Å². The number of hydrogen-bond acceptors (Lipinski definition) is 8. The monoisotopic (exact) mass is 431 g/mol. The Labute approximate surface area is 180 Å². The number of nitrogens with zero attached hydrogens (tertiary/aromatic N) is 5. The summed E-state index contributed by atoms with van der Waals surface area (Å²) >= 11 is 1.49. The molecule has 0 amide bonds. The van der Waals surface area contributed by atoms with Crippen molar-refractivity contribution in [1.82, 2.24) is 24.4 Å². The van der Waals surface area contributed by atoms with Crippen LogP contribution in [0.3, 0.4) is 0 Å². The Balaban J connectivity index is 1.77. The number of thiazole rings is 1. The Kier molecular flexibility index (Phi) is 6.12. The molecule has 3 aromatic rings. The van der Waals surface area contributed by atoms with Crippen LogP contribution in [0.25, 0.3) is 4.96 Å². The summed E-state index contributed by atoms with van der Waals surface area (Å²) in [6, 6.07) is 5.92. The summed E-state index contributed by atoms with van der Waals surface area (Å²) in [4.78, 5) is 10.9. The number of aromatic nitrogens is 3. The van der Waals surface area contributed by atoms with Gasteiger partial charge in [-0.25, -0.2) is 4.98 Å². The Bertz CT molecular complexity index is 1010. The second kappa shape index (κ2) is 8.79. The van der Waals surface area contributed by atoms with Crippen molar-refractivity contribution < 1.29 is 14.6 Å². The van der Waals surface area contributed by atoms with Gasteiger partial charge in [-0.3, -0.25) is 4.90 Å². The standard InChI is InChI=1S/C21H29N5O3S/c1-5-24-9-11-25(12-10-24)18(15-7-8-16(29-6-2)17(13-15)28-4)19-20(27)26-21(30-19)22-14(3)23-26/h7-8,13,18,27H,5-6,9-12H2,1-4H3. The molecular weight excluding hydrogens is 402 g/mol. The molecular formula is C21H29N5O3S. The van der Waals surface area contributed by atoms with Crippen LogP contribution in [-0.4, -0.2) is 75.9 Å². The summed E-state index contributed by atoms with van der Waals surface area (Å²) in [6.45, 7) is 11.4. The van der Waals surface area contributed by atoms with Crippen molar-refractivity contribution in [3.05, 3.63) is 34.5 Å². The lowest BCUT2D eigenvalue weighted by Gasteiger charge is -2.38. The number of likely N-dealkylation sites (N-methyl/N-ethyl adjacent to an activating group) is 1. The van der Waals surface area contributed by atoms with Crippen LogP contribution >= 0.6 is 11.3 Å². The van der Waals surface area contributed by atoms with Crippen molar-refractivity contribution in [2.45, 2.75) is 26.8 Å². The summed E-state index contributed by atoms with van der Waals surface area (Å²) in [7, 11) is 1.65. The predicted octanol–water partition coefficient (Wildman–Crippen LogP) is 2.94. The fourth-order valence-electron chi connectivity index (χ4n) is 4.02. The third kappa shape index (κ3) is 3.84. The van der Waals surface area contributed by atoms with Gasteiger partial charge >= 0.3 is 0 Å². The fraction of sp³-hybridized carbons (Fsp3) is 0.524. The smallest absolute Gasteiger partial charge is 0.230 e. The van der Waals surface area contributed by atoms with E-state index >= 15 is 0 Å². The Hall–Kier alpha value is -2.36. The highest BCUT2D eigenvalue weighted by Gasteiger charge is 2.32. The zero-order chi connectivity index (χ0) is 21.3. The van der Waals surface area contributed by atoms with Gasteiger partial charge in [-0.1, -0.05) is 24.3 Å². The first-order chi connectivity index (χ1) is 14.5. The molecule has 1 aliphatic rings. The number of benzene rings is 1. The quantitative estimate of drug-likeness (QED) is 0.616. The molecule has 0 radical (unpaired) electrons. The Morgan fingerprint density at radius 1 is 1.17 bits per heavy atom. The van der Waals surface area contributed by atoms with E-state index in [1.165, 1.54) is 15.9 Å². The third-order valence-electron chi connectivity index (χ3n) is 5.58. The van der Waals surface area contributed by atoms with E-state index in [-0.39, 0.29) is 11.9 Å². The van der Waals surface area contributed by atoms with E-state index in [2.05, 4.69) is 32.9 Å². The predicted molar refractivity (Wildman–Crippen MR) is 117 cm³/mol. The summed E-state index contributed by atoms with van der Waals surface area (Å²) in [5, 5.41) is 15.4. The van der Waals surface area contributed by atoms with E-state index in [1.807, 2.05) is 26.0 Å². The zero-order valence-electron chi connectivity index (χ0n) is 18.0. The minimum atomic E-state index is -0.109. The van der Waals surface area contributed by atoms with Crippen molar-refractivity contribution >= 4 is 16.3 Å². The number of ether oxygens (including phenoxy) is 2. The molecule has 8 nitrogen and oxygen atoms in total. The number of fused-ring (bicyclic) bond motifs is 1. The minimum Gasteiger partial charge on any atom is -0.493 e. The number of aryl methyl sites for hydroxylation is 1. The number of rotatable bonds is 7. The lowest BCUT2D eigenvalue weighted by Crippen LogP contribution is -2.47. The van der Waals surface area contributed by atoms with Crippen molar-refractivity contribution in [3.63, 3.8) is 0 Å². The second-order valence-electron chi connectivity index (χ2n) is 7.36. The van der Waals surface area contributed by atoms with Crippen LogP contribution in [0.2, 0.25) is 0 Å². The van der Waals surface area contributed by atoms with Gasteiger partial charge in [-0.2, -0.15) is 4.52 Å². The van der Waals surface area contributed by atoms with Gasteiger partial charge in [0.1, 0.15) is 5.82 Å². The maximum absolute atomic E-state index is 11.0. The van der Waals surface area contributed by atoms with Gasteiger partial charge in [-0.05, 0) is 38.1 Å². The highest BCUT2D eigenvalue weighted by atomic mass is 32.1. The topological polar surface area (TPSA) is 75.4 Å². The van der Waals surface area contributed by atoms with E-state index in [0.717, 1.165) is 48.9 Å². The minimum absolute atomic E-state index is 0.109. The summed E-state index contributed by atoms with van der Waals surface area (Å²) in [5.41, 5.74) is 1.05. The molecule has 1 N–H and O–H groups in total. The van der Waals surface area contributed by atoms with Crippen molar-refractivity contribution in [2.75, 3.05) is 46.4 Å². The van der Waals surface area contributed by atoms with Crippen LogP contribution < -0.4 is 9.47 Å². The maximum atomic E-state index is 11.0. The molecule has 0 aliphatic carbocycles. The average Bonchev–Trinajstić information content (AvgIpc) is 3.27. The van der Waals surface area contributed by atoms with Crippen LogP contribution in [-0.2, 0) is 0 Å². The van der Waals surface area contributed by atoms with Crippen LogP contribution in [0.4, 0.5) is 0 Å². The zero-order valence-corrected chi connectivity index (χ0v) is 18.8. The highest BCUT2D eigenvalue weighted by Crippen LogP contribution is 2.42. The molecule has 9 heteroatoms. The van der Waals surface area contributed by atoms with Crippen LogP contribution in [0.1, 0.15) is 36.2 Å². The molecule has 4 rings (SSSR count). The SMILES string of the molecule is CCOc1ccc(C(c2sc3nc(C)nn3c2O)N2CCN(CC)CC2)cc1OC. The van der Waals surface area contributed by atoms with Crippen LogP contribution in [0.15, 0.2) is 18.2 Å². The van der Waals surface area contributed by atoms with Crippen molar-refractivity contribution in [3.8, 4) is 17.4 Å². The summed E-state index contributed by atoms with van der Waals surface area (Å²) in [6.07, 6.45) is 0. The van der Waals surface area contributed by atoms with Gasteiger partial charge in [0.15, 0.2) is 11.5 Å². The third-order valence-corrected chi connectivity index (χ3v) is 6.65. The number of aromatic hydroxyl groups is 1. The fourth-order valence-corrected chi connectivity index (χ4v) is 5.18. The molecule has 1 saturated heterocycles. The van der Waals surface area contributed by atoms with Crippen LogP contribution in [0, 0.1) is 6.92 Å². The Morgan fingerprint density at radius 3 is 2.57 bits per heavy atom. The Morgan fingerprint density at radius 2 is 1.93 bits per heavy atom. The first-order valence-corrected chi connectivity index (χ1v) is 11.2. The molecule has 1 atom stereocenters. The maximum Gasteiger partial charge on any atom is 0.230 e. The molecule has 30 heavy (non-hydrogen) atoms. The van der Waals surface area contributed by atoms with Gasteiger partial charge in [-0.15, -0.1) is 5.10 Å². The first kappa shape index (κ1) is 20.9. The van der Waals surface area contributed by atoms with E-state index in [4.69, 9.17) is 9.47 Å². The molecule has 162 valence electrons. The molecule has 0 spiro atoms. The molecule has 0 saturated carbocycles. The molecule has 3 heterocycles. The number of piperazine rings is 1. The van der Waals surface area contributed by atoms with Crippen molar-refractivity contribution in [2.24, 2.45) is 0 Å². The molecule has 1 aromatic carbocycles. The average molecular weight is 432 g/mol. The lowest BCUT2D eigenvalue weighted by molar-refractivity contribution is 0.113. The van der Waals surface area contributed by atoms with Gasteiger partial charge in [0.25, 0.3) is 0 Å². The highest BCUT2D eigenvalue weighted by molar-refractivity contribution is 7.17. The number of hydrogen-bond donors (Lipinski definition) is 1. The molecule has 0 bridgehead atoms. The largest absolute Gasteiger partial charge is 0.493 e. The van der Waals surface area contributed by atoms with E-state index < -0.39 is 0 Å². The normalized spacial score (nSPS) is 16.8. The second-order valence-corrected chi connectivity index (χ2v) is 8.37. The van der Waals surface area contributed by atoms with Gasteiger partial charge in [0.05, 0.1) is 24.6 Å².